The number of ether oxygens (including phenoxy) is 1. The standard InChI is InChI=1S/C12H20N4O2/c1-12(2,3)18-11(17)15-7-9(13)6-10-4-5-14-8-16-10/h4-5,8-9H,6-7,13H2,1-3H3,(H,15,17). The molecule has 0 radical (unpaired) electrons. The molecule has 100 valence electrons. The van der Waals surface area contributed by atoms with Crippen molar-refractivity contribution in [2.45, 2.75) is 38.8 Å². The molecule has 0 aromatic carbocycles. The van der Waals surface area contributed by atoms with E-state index in [1.165, 1.54) is 6.33 Å². The first-order valence-electron chi connectivity index (χ1n) is 5.84. The van der Waals surface area contributed by atoms with E-state index in [9.17, 15) is 4.79 Å². The molecule has 1 unspecified atom stereocenters. The van der Waals surface area contributed by atoms with Gasteiger partial charge in [0.15, 0.2) is 0 Å². The minimum atomic E-state index is -0.499. The van der Waals surface area contributed by atoms with Crippen LogP contribution in [-0.4, -0.2) is 34.2 Å². The lowest BCUT2D eigenvalue weighted by Gasteiger charge is -2.20. The fourth-order valence-electron chi connectivity index (χ4n) is 1.31. The lowest BCUT2D eigenvalue weighted by molar-refractivity contribution is 0.0524. The van der Waals surface area contributed by atoms with Crippen LogP contribution in [0, 0.1) is 0 Å². The zero-order valence-corrected chi connectivity index (χ0v) is 11.0. The van der Waals surface area contributed by atoms with Gasteiger partial charge >= 0.3 is 6.09 Å². The van der Waals surface area contributed by atoms with Crippen LogP contribution in [0.25, 0.3) is 0 Å². The Labute approximate surface area is 107 Å². The van der Waals surface area contributed by atoms with Gasteiger partial charge in [0.1, 0.15) is 11.9 Å². The smallest absolute Gasteiger partial charge is 0.407 e. The third-order valence-electron chi connectivity index (χ3n) is 2.02. The van der Waals surface area contributed by atoms with Crippen molar-refractivity contribution in [3.63, 3.8) is 0 Å². The number of nitrogens with one attached hydrogen (secondary N) is 1. The average Bonchev–Trinajstić information content (AvgIpc) is 2.25. The summed E-state index contributed by atoms with van der Waals surface area (Å²) in [6.07, 6.45) is 3.26. The van der Waals surface area contributed by atoms with Gasteiger partial charge in [0.05, 0.1) is 0 Å². The summed E-state index contributed by atoms with van der Waals surface area (Å²) >= 11 is 0. The fraction of sp³-hybridized carbons (Fsp3) is 0.583. The zero-order chi connectivity index (χ0) is 13.6. The van der Waals surface area contributed by atoms with Crippen molar-refractivity contribution in [2.24, 2.45) is 5.73 Å². The summed E-state index contributed by atoms with van der Waals surface area (Å²) in [5.41, 5.74) is 6.24. The monoisotopic (exact) mass is 252 g/mol. The number of carbonyl (C=O) groups excluding carboxylic acids is 1. The third-order valence-corrected chi connectivity index (χ3v) is 2.02. The number of hydrogen-bond donors (Lipinski definition) is 2. The second kappa shape index (κ2) is 6.30. The van der Waals surface area contributed by atoms with Crippen LogP contribution in [0.3, 0.4) is 0 Å². The molecule has 0 aliphatic rings. The van der Waals surface area contributed by atoms with Crippen LogP contribution in [0.5, 0.6) is 0 Å². The summed E-state index contributed by atoms with van der Waals surface area (Å²) in [4.78, 5) is 19.3. The number of hydrogen-bond acceptors (Lipinski definition) is 5. The number of aromatic nitrogens is 2. The van der Waals surface area contributed by atoms with Gasteiger partial charge in [-0.05, 0) is 26.8 Å². The van der Waals surface area contributed by atoms with Crippen molar-refractivity contribution in [3.05, 3.63) is 24.3 Å². The number of nitrogens with two attached hydrogens (primary N) is 1. The second-order valence-electron chi connectivity index (χ2n) is 5.05. The molecule has 3 N–H and O–H groups in total. The van der Waals surface area contributed by atoms with Gasteiger partial charge in [-0.2, -0.15) is 0 Å². The number of nitrogens with zero attached hydrogens (tertiary/aromatic N) is 2. The first kappa shape index (κ1) is 14.4. The van der Waals surface area contributed by atoms with E-state index in [1.807, 2.05) is 20.8 Å². The van der Waals surface area contributed by atoms with Crippen molar-refractivity contribution in [1.29, 1.82) is 0 Å². The Morgan fingerprint density at radius 2 is 2.28 bits per heavy atom. The second-order valence-corrected chi connectivity index (χ2v) is 5.05. The molecule has 0 bridgehead atoms. The molecule has 0 aliphatic heterocycles. The molecule has 1 amide bonds. The van der Waals surface area contributed by atoms with E-state index < -0.39 is 11.7 Å². The molecule has 1 atom stereocenters. The molecule has 1 heterocycles. The summed E-state index contributed by atoms with van der Waals surface area (Å²) in [7, 11) is 0. The minimum Gasteiger partial charge on any atom is -0.444 e. The van der Waals surface area contributed by atoms with Gasteiger partial charge in [-0.1, -0.05) is 0 Å². The number of carbonyl (C=O) groups is 1. The maximum Gasteiger partial charge on any atom is 0.407 e. The molecular formula is C12H20N4O2. The Bertz CT molecular complexity index is 375. The molecule has 6 heteroatoms. The van der Waals surface area contributed by atoms with Crippen molar-refractivity contribution in [2.75, 3.05) is 6.54 Å². The summed E-state index contributed by atoms with van der Waals surface area (Å²) in [5, 5.41) is 2.63. The fourth-order valence-corrected chi connectivity index (χ4v) is 1.31. The SMILES string of the molecule is CC(C)(C)OC(=O)NCC(N)Cc1ccncn1. The van der Waals surface area contributed by atoms with E-state index >= 15 is 0 Å². The Balaban J connectivity index is 2.29. The molecule has 1 aromatic rings. The molecule has 0 saturated heterocycles. The Morgan fingerprint density at radius 3 is 2.83 bits per heavy atom. The maximum absolute atomic E-state index is 11.4. The van der Waals surface area contributed by atoms with Crippen LogP contribution in [-0.2, 0) is 11.2 Å². The summed E-state index contributed by atoms with van der Waals surface area (Å²) in [5.74, 6) is 0. The zero-order valence-electron chi connectivity index (χ0n) is 11.0. The lowest BCUT2D eigenvalue weighted by atomic mass is 10.1. The van der Waals surface area contributed by atoms with Gasteiger partial charge in [-0.15, -0.1) is 0 Å². The topological polar surface area (TPSA) is 90.1 Å². The summed E-state index contributed by atoms with van der Waals surface area (Å²) in [6, 6.07) is 1.60. The van der Waals surface area contributed by atoms with Crippen molar-refractivity contribution < 1.29 is 9.53 Å². The van der Waals surface area contributed by atoms with Gasteiger partial charge in [-0.25, -0.2) is 14.8 Å². The average molecular weight is 252 g/mol. The maximum atomic E-state index is 11.4. The normalized spacial score (nSPS) is 12.9. The van der Waals surface area contributed by atoms with Gasteiger partial charge in [0, 0.05) is 30.9 Å². The highest BCUT2D eigenvalue weighted by Crippen LogP contribution is 2.06. The molecule has 6 nitrogen and oxygen atoms in total. The van der Waals surface area contributed by atoms with E-state index in [2.05, 4.69) is 15.3 Å². The van der Waals surface area contributed by atoms with Gasteiger partial charge in [0.25, 0.3) is 0 Å². The summed E-state index contributed by atoms with van der Waals surface area (Å²) in [6.45, 7) is 5.78. The van der Waals surface area contributed by atoms with Gasteiger partial charge < -0.3 is 15.8 Å². The predicted octanol–water partition coefficient (Wildman–Crippen LogP) is 0.871. The van der Waals surface area contributed by atoms with Crippen LogP contribution in [0.1, 0.15) is 26.5 Å². The van der Waals surface area contributed by atoms with Crippen LogP contribution >= 0.6 is 0 Å². The van der Waals surface area contributed by atoms with E-state index in [0.717, 1.165) is 5.69 Å². The minimum absolute atomic E-state index is 0.201. The quantitative estimate of drug-likeness (QED) is 0.830. The van der Waals surface area contributed by atoms with Crippen molar-refractivity contribution >= 4 is 6.09 Å². The highest BCUT2D eigenvalue weighted by atomic mass is 16.6. The highest BCUT2D eigenvalue weighted by molar-refractivity contribution is 5.67. The van der Waals surface area contributed by atoms with E-state index in [-0.39, 0.29) is 6.04 Å². The Morgan fingerprint density at radius 1 is 1.56 bits per heavy atom. The molecule has 0 spiro atoms. The third kappa shape index (κ3) is 6.15. The van der Waals surface area contributed by atoms with Crippen molar-refractivity contribution in [3.8, 4) is 0 Å². The van der Waals surface area contributed by atoms with Crippen LogP contribution in [0.15, 0.2) is 18.6 Å². The molecule has 0 saturated carbocycles. The van der Waals surface area contributed by atoms with Crippen LogP contribution in [0.2, 0.25) is 0 Å². The molecule has 0 fully saturated rings. The highest BCUT2D eigenvalue weighted by Gasteiger charge is 2.16. The van der Waals surface area contributed by atoms with Crippen LogP contribution in [0.4, 0.5) is 4.79 Å². The Kier molecular flexibility index (Phi) is 5.03. The van der Waals surface area contributed by atoms with Gasteiger partial charge in [-0.3, -0.25) is 0 Å². The first-order chi connectivity index (χ1) is 8.37. The number of rotatable bonds is 4. The molecule has 1 aromatic heterocycles. The van der Waals surface area contributed by atoms with E-state index in [1.54, 1.807) is 12.3 Å². The molecule has 0 aliphatic carbocycles. The Hall–Kier alpha value is -1.69. The molecule has 1 rings (SSSR count). The van der Waals surface area contributed by atoms with E-state index in [4.69, 9.17) is 10.5 Å². The largest absolute Gasteiger partial charge is 0.444 e. The number of amides is 1. The van der Waals surface area contributed by atoms with Crippen LogP contribution < -0.4 is 11.1 Å². The summed E-state index contributed by atoms with van der Waals surface area (Å²) < 4.78 is 5.11. The number of alkyl carbamates (subject to hydrolysis) is 1. The van der Waals surface area contributed by atoms with Crippen molar-refractivity contribution in [1.82, 2.24) is 15.3 Å². The molecular weight excluding hydrogens is 232 g/mol. The first-order valence-corrected chi connectivity index (χ1v) is 5.84. The molecule has 18 heavy (non-hydrogen) atoms. The van der Waals surface area contributed by atoms with Gasteiger partial charge in [0.2, 0.25) is 0 Å². The predicted molar refractivity (Wildman–Crippen MR) is 67.9 cm³/mol. The van der Waals surface area contributed by atoms with E-state index in [0.29, 0.717) is 13.0 Å². The lowest BCUT2D eigenvalue weighted by Crippen LogP contribution is -2.41.